The lowest BCUT2D eigenvalue weighted by molar-refractivity contribution is 0.176. The van der Waals surface area contributed by atoms with Crippen molar-refractivity contribution >= 4 is 31.5 Å². The van der Waals surface area contributed by atoms with Crippen molar-refractivity contribution in [3.63, 3.8) is 0 Å². The Kier molecular flexibility index (Phi) is 3.70. The van der Waals surface area contributed by atoms with Gasteiger partial charge in [0.1, 0.15) is 22.5 Å². The monoisotopic (exact) mass is 387 g/mol. The van der Waals surface area contributed by atoms with Crippen LogP contribution < -0.4 is 14.2 Å². The first-order valence-electron chi connectivity index (χ1n) is 8.54. The van der Waals surface area contributed by atoms with Gasteiger partial charge in [0.05, 0.1) is 0 Å². The zero-order chi connectivity index (χ0) is 17.7. The number of ether oxygens (including phenoxy) is 1. The molecule has 0 radical (unpaired) electrons. The molecule has 1 fully saturated rings. The summed E-state index contributed by atoms with van der Waals surface area (Å²) in [7, 11) is -3.90. The van der Waals surface area contributed by atoms with Gasteiger partial charge in [-0.3, -0.25) is 0 Å². The van der Waals surface area contributed by atoms with Crippen LogP contribution in [0.1, 0.15) is 17.9 Å². The van der Waals surface area contributed by atoms with Crippen molar-refractivity contribution in [2.24, 2.45) is 0 Å². The van der Waals surface area contributed by atoms with Gasteiger partial charge in [0.15, 0.2) is 0 Å². The molecule has 7 heteroatoms. The lowest BCUT2D eigenvalue weighted by atomic mass is 9.90. The molecular weight excluding hydrogens is 370 g/mol. The van der Waals surface area contributed by atoms with Crippen LogP contribution in [0.3, 0.4) is 0 Å². The molecule has 5 rings (SSSR count). The van der Waals surface area contributed by atoms with Crippen LogP contribution in [0.2, 0.25) is 0 Å². The maximum absolute atomic E-state index is 12.8. The summed E-state index contributed by atoms with van der Waals surface area (Å²) in [6.45, 7) is 1.79. The summed E-state index contributed by atoms with van der Waals surface area (Å²) in [6.07, 6.45) is 1.14. The number of fused-ring (bicyclic) bond motifs is 4. The van der Waals surface area contributed by atoms with Crippen molar-refractivity contribution in [3.8, 4) is 11.5 Å². The average Bonchev–Trinajstić information content (AvgIpc) is 3.22. The Balaban J connectivity index is 1.47. The van der Waals surface area contributed by atoms with Gasteiger partial charge < -0.3 is 14.2 Å². The highest BCUT2D eigenvalue weighted by atomic mass is 32.2. The molecule has 1 N–H and O–H groups in total. The SMILES string of the molecule is O=S(=O)(Oc1ccc2c(c1)OC1CNCCC21)c1csc2ccccc12. The molecule has 0 amide bonds. The van der Waals surface area contributed by atoms with Gasteiger partial charge >= 0.3 is 10.1 Å². The fraction of sp³-hybridized carbons (Fsp3) is 0.263. The van der Waals surface area contributed by atoms with Gasteiger partial charge in [-0.25, -0.2) is 0 Å². The van der Waals surface area contributed by atoms with Crippen LogP contribution in [0.25, 0.3) is 10.1 Å². The highest BCUT2D eigenvalue weighted by molar-refractivity contribution is 7.87. The summed E-state index contributed by atoms with van der Waals surface area (Å²) in [4.78, 5) is 0.206. The number of benzene rings is 2. The minimum atomic E-state index is -3.90. The molecule has 134 valence electrons. The Morgan fingerprint density at radius 3 is 3.00 bits per heavy atom. The van der Waals surface area contributed by atoms with E-state index in [1.54, 1.807) is 23.6 Å². The molecule has 3 aromatic rings. The molecular formula is C19H17NO4S2. The molecule has 1 aromatic heterocycles. The van der Waals surface area contributed by atoms with E-state index in [-0.39, 0.29) is 16.7 Å². The molecule has 0 aliphatic carbocycles. The van der Waals surface area contributed by atoms with Crippen molar-refractivity contribution in [3.05, 3.63) is 53.4 Å². The molecule has 26 heavy (non-hydrogen) atoms. The second-order valence-corrected chi connectivity index (χ2v) is 9.01. The van der Waals surface area contributed by atoms with E-state index in [1.807, 2.05) is 24.3 Å². The van der Waals surface area contributed by atoms with Crippen LogP contribution in [0.4, 0.5) is 0 Å². The average molecular weight is 387 g/mol. The summed E-state index contributed by atoms with van der Waals surface area (Å²) >= 11 is 1.39. The number of thiophene rings is 1. The van der Waals surface area contributed by atoms with Crippen LogP contribution >= 0.6 is 11.3 Å². The third-order valence-electron chi connectivity index (χ3n) is 5.01. The van der Waals surface area contributed by atoms with Crippen molar-refractivity contribution in [2.45, 2.75) is 23.3 Å². The van der Waals surface area contributed by atoms with Crippen molar-refractivity contribution in [1.29, 1.82) is 0 Å². The largest absolute Gasteiger partial charge is 0.488 e. The van der Waals surface area contributed by atoms with Crippen LogP contribution in [0.5, 0.6) is 11.5 Å². The Bertz CT molecular complexity index is 1090. The molecule has 0 spiro atoms. The van der Waals surface area contributed by atoms with E-state index in [0.29, 0.717) is 11.3 Å². The summed E-state index contributed by atoms with van der Waals surface area (Å²) in [5.41, 5.74) is 1.14. The Morgan fingerprint density at radius 1 is 1.19 bits per heavy atom. The normalized spacial score (nSPS) is 21.8. The predicted molar refractivity (Wildman–Crippen MR) is 101 cm³/mol. The summed E-state index contributed by atoms with van der Waals surface area (Å²) < 4.78 is 37.9. The molecule has 2 aromatic carbocycles. The van der Waals surface area contributed by atoms with Gasteiger partial charge in [-0.05, 0) is 25.1 Å². The maximum atomic E-state index is 12.8. The zero-order valence-electron chi connectivity index (χ0n) is 13.8. The molecule has 2 aliphatic rings. The molecule has 1 saturated heterocycles. The Labute approximate surface area is 155 Å². The first-order valence-corrected chi connectivity index (χ1v) is 10.8. The standard InChI is InChI=1S/C19H17NO4S2/c21-26(22,19-11-25-18-4-2-1-3-15(18)19)24-12-5-6-13-14-7-8-20-10-17(14)23-16(13)9-12/h1-6,9,11,14,17,20H,7-8,10H2. The molecule has 5 nitrogen and oxygen atoms in total. The fourth-order valence-corrected chi connectivity index (χ4v) is 6.16. The first kappa shape index (κ1) is 16.1. The van der Waals surface area contributed by atoms with Crippen LogP contribution in [-0.2, 0) is 10.1 Å². The third-order valence-corrected chi connectivity index (χ3v) is 7.41. The van der Waals surface area contributed by atoms with Gasteiger partial charge in [0, 0.05) is 39.6 Å². The topological polar surface area (TPSA) is 64.6 Å². The van der Waals surface area contributed by atoms with Gasteiger partial charge in [-0.15, -0.1) is 11.3 Å². The quantitative estimate of drug-likeness (QED) is 0.697. The molecule has 2 atom stereocenters. The van der Waals surface area contributed by atoms with Crippen molar-refractivity contribution in [1.82, 2.24) is 5.32 Å². The minimum Gasteiger partial charge on any atom is -0.488 e. The van der Waals surface area contributed by atoms with Gasteiger partial charge in [-0.1, -0.05) is 24.3 Å². The van der Waals surface area contributed by atoms with Gasteiger partial charge in [-0.2, -0.15) is 8.42 Å². The van der Waals surface area contributed by atoms with E-state index in [2.05, 4.69) is 5.32 Å². The number of nitrogens with one attached hydrogen (secondary N) is 1. The van der Waals surface area contributed by atoms with Crippen molar-refractivity contribution in [2.75, 3.05) is 13.1 Å². The molecule has 2 unspecified atom stereocenters. The first-order chi connectivity index (χ1) is 12.6. The molecule has 3 heterocycles. The number of piperidine rings is 1. The second kappa shape index (κ2) is 5.97. The maximum Gasteiger partial charge on any atom is 0.340 e. The zero-order valence-corrected chi connectivity index (χ0v) is 15.5. The Hall–Kier alpha value is -2.09. The lowest BCUT2D eigenvalue weighted by Crippen LogP contribution is -2.39. The smallest absolute Gasteiger partial charge is 0.340 e. The molecule has 0 bridgehead atoms. The third kappa shape index (κ3) is 2.58. The van der Waals surface area contributed by atoms with Gasteiger partial charge in [0.25, 0.3) is 0 Å². The second-order valence-electron chi connectivity index (χ2n) is 6.59. The number of hydrogen-bond donors (Lipinski definition) is 1. The highest BCUT2D eigenvalue weighted by Crippen LogP contribution is 2.43. The Morgan fingerprint density at radius 2 is 2.08 bits per heavy atom. The highest BCUT2D eigenvalue weighted by Gasteiger charge is 2.36. The van der Waals surface area contributed by atoms with E-state index in [1.165, 1.54) is 11.3 Å². The molecule has 2 aliphatic heterocycles. The van der Waals surface area contributed by atoms with E-state index in [9.17, 15) is 8.42 Å². The van der Waals surface area contributed by atoms with Crippen LogP contribution in [-0.4, -0.2) is 27.6 Å². The van der Waals surface area contributed by atoms with E-state index >= 15 is 0 Å². The van der Waals surface area contributed by atoms with Crippen LogP contribution in [0.15, 0.2) is 52.7 Å². The van der Waals surface area contributed by atoms with Crippen molar-refractivity contribution < 1.29 is 17.3 Å². The number of rotatable bonds is 3. The van der Waals surface area contributed by atoms with Gasteiger partial charge in [0.2, 0.25) is 0 Å². The minimum absolute atomic E-state index is 0.117. The van der Waals surface area contributed by atoms with E-state index in [4.69, 9.17) is 8.92 Å². The van der Waals surface area contributed by atoms with Crippen LogP contribution in [0, 0.1) is 0 Å². The van der Waals surface area contributed by atoms with E-state index in [0.717, 1.165) is 35.5 Å². The summed E-state index contributed by atoms with van der Waals surface area (Å²) in [5.74, 6) is 1.38. The summed E-state index contributed by atoms with van der Waals surface area (Å²) in [5, 5.41) is 5.64. The number of hydrogen-bond acceptors (Lipinski definition) is 6. The lowest BCUT2D eigenvalue weighted by Gasteiger charge is -2.24. The molecule has 0 saturated carbocycles. The fourth-order valence-electron chi connectivity index (χ4n) is 3.77. The van der Waals surface area contributed by atoms with E-state index < -0.39 is 10.1 Å². The summed E-state index contributed by atoms with van der Waals surface area (Å²) in [6, 6.07) is 12.8. The predicted octanol–water partition coefficient (Wildman–Crippen LogP) is 3.51.